The first-order chi connectivity index (χ1) is 5.04. The molecular weight excluding hydrogens is 138 g/mol. The van der Waals surface area contributed by atoms with Crippen LogP contribution in [-0.2, 0) is 4.74 Å². The Bertz CT molecular complexity index is 148. The molecule has 1 atom stereocenters. The molecule has 0 aliphatic heterocycles. The molecule has 2 heteroatoms. The Labute approximate surface area is 69.4 Å². The van der Waals surface area contributed by atoms with Crippen LogP contribution in [0.4, 0.5) is 0 Å². The molecule has 64 valence electrons. The Morgan fingerprint density at radius 3 is 2.36 bits per heavy atom. The molecule has 0 aromatic carbocycles. The predicted molar refractivity (Wildman–Crippen MR) is 46.3 cm³/mol. The molecule has 0 amide bonds. The molecule has 0 saturated carbocycles. The lowest BCUT2D eigenvalue weighted by atomic mass is 9.92. The van der Waals surface area contributed by atoms with E-state index in [0.29, 0.717) is 12.5 Å². The first-order valence-corrected chi connectivity index (χ1v) is 3.91. The number of methoxy groups -OCH3 is 1. The van der Waals surface area contributed by atoms with Crippen LogP contribution in [0.3, 0.4) is 0 Å². The number of hydrogen-bond donors (Lipinski definition) is 0. The molecule has 0 heterocycles. The molecule has 2 nitrogen and oxygen atoms in total. The Hall–Kier alpha value is -0.550. The molecule has 0 aliphatic rings. The van der Waals surface area contributed by atoms with Gasteiger partial charge in [0.2, 0.25) is 0 Å². The van der Waals surface area contributed by atoms with E-state index >= 15 is 0 Å². The summed E-state index contributed by atoms with van der Waals surface area (Å²) in [5.41, 5.74) is -0.317. The zero-order valence-electron chi connectivity index (χ0n) is 7.85. The van der Waals surface area contributed by atoms with E-state index in [9.17, 15) is 0 Å². The summed E-state index contributed by atoms with van der Waals surface area (Å²) >= 11 is 0. The summed E-state index contributed by atoms with van der Waals surface area (Å²) < 4.78 is 4.99. The molecular formula is C9H17NO. The van der Waals surface area contributed by atoms with Crippen molar-refractivity contribution in [2.24, 2.45) is 5.92 Å². The fourth-order valence-corrected chi connectivity index (χ4v) is 1.33. The van der Waals surface area contributed by atoms with Crippen LogP contribution in [0.25, 0.3) is 4.85 Å². The van der Waals surface area contributed by atoms with Crippen molar-refractivity contribution in [3.63, 3.8) is 0 Å². The summed E-state index contributed by atoms with van der Waals surface area (Å²) in [6.07, 6.45) is 0.907. The average Bonchev–Trinajstić information content (AvgIpc) is 1.87. The minimum atomic E-state index is -0.317. The van der Waals surface area contributed by atoms with Crippen LogP contribution in [0, 0.1) is 12.5 Å². The van der Waals surface area contributed by atoms with Crippen molar-refractivity contribution in [3.05, 3.63) is 11.4 Å². The van der Waals surface area contributed by atoms with Crippen molar-refractivity contribution in [1.82, 2.24) is 0 Å². The van der Waals surface area contributed by atoms with Crippen molar-refractivity contribution in [3.8, 4) is 0 Å². The van der Waals surface area contributed by atoms with Crippen LogP contribution < -0.4 is 0 Å². The minimum absolute atomic E-state index is 0.317. The summed E-state index contributed by atoms with van der Waals surface area (Å²) in [4.78, 5) is 3.57. The normalized spacial score (nSPS) is 16.0. The van der Waals surface area contributed by atoms with Crippen LogP contribution in [-0.4, -0.2) is 19.3 Å². The molecule has 0 aromatic heterocycles. The van der Waals surface area contributed by atoms with E-state index in [-0.39, 0.29) is 5.54 Å². The standard InChI is InChI=1S/C9H17NO/c1-8(2)6-9(3,10-4)7-11-5/h8H,6-7H2,1-3,5H3/t9-/m0/s1. The van der Waals surface area contributed by atoms with E-state index in [4.69, 9.17) is 11.3 Å². The Morgan fingerprint density at radius 1 is 1.55 bits per heavy atom. The number of hydrogen-bond acceptors (Lipinski definition) is 1. The quantitative estimate of drug-likeness (QED) is 0.568. The first kappa shape index (κ1) is 10.4. The zero-order chi connectivity index (χ0) is 8.91. The Morgan fingerprint density at radius 2 is 2.09 bits per heavy atom. The van der Waals surface area contributed by atoms with E-state index in [1.54, 1.807) is 7.11 Å². The highest BCUT2D eigenvalue weighted by molar-refractivity contribution is 4.94. The van der Waals surface area contributed by atoms with Gasteiger partial charge in [-0.2, -0.15) is 0 Å². The van der Waals surface area contributed by atoms with Crippen molar-refractivity contribution in [2.45, 2.75) is 32.7 Å². The molecule has 0 fully saturated rings. The van der Waals surface area contributed by atoms with Gasteiger partial charge in [0.1, 0.15) is 6.61 Å². The Balaban J connectivity index is 4.02. The number of rotatable bonds is 4. The SMILES string of the molecule is [C-]#[N+][C@](C)(COC)CC(C)C. The summed E-state index contributed by atoms with van der Waals surface area (Å²) in [5.74, 6) is 0.559. The molecule has 0 N–H and O–H groups in total. The van der Waals surface area contributed by atoms with Crippen LogP contribution in [0.2, 0.25) is 0 Å². The van der Waals surface area contributed by atoms with Crippen molar-refractivity contribution in [1.29, 1.82) is 0 Å². The van der Waals surface area contributed by atoms with Crippen molar-refractivity contribution < 1.29 is 4.74 Å². The second-order valence-electron chi connectivity index (χ2n) is 3.64. The lowest BCUT2D eigenvalue weighted by molar-refractivity contribution is 0.146. The van der Waals surface area contributed by atoms with Crippen LogP contribution in [0.1, 0.15) is 27.2 Å². The second kappa shape index (κ2) is 4.35. The van der Waals surface area contributed by atoms with Gasteiger partial charge in [0.15, 0.2) is 0 Å². The largest absolute Gasteiger partial charge is 0.376 e. The Kier molecular flexibility index (Phi) is 4.14. The third kappa shape index (κ3) is 4.00. The molecule has 0 bridgehead atoms. The van der Waals surface area contributed by atoms with E-state index in [2.05, 4.69) is 18.7 Å². The van der Waals surface area contributed by atoms with Gasteiger partial charge in [-0.05, 0) is 5.92 Å². The fourth-order valence-electron chi connectivity index (χ4n) is 1.33. The molecule has 0 aromatic rings. The van der Waals surface area contributed by atoms with Gasteiger partial charge in [0, 0.05) is 20.5 Å². The van der Waals surface area contributed by atoms with Crippen LogP contribution >= 0.6 is 0 Å². The van der Waals surface area contributed by atoms with Gasteiger partial charge in [-0.15, -0.1) is 0 Å². The lowest BCUT2D eigenvalue weighted by Crippen LogP contribution is -2.28. The lowest BCUT2D eigenvalue weighted by Gasteiger charge is -2.17. The van der Waals surface area contributed by atoms with Crippen LogP contribution in [0.15, 0.2) is 0 Å². The highest BCUT2D eigenvalue weighted by Gasteiger charge is 2.30. The summed E-state index contributed by atoms with van der Waals surface area (Å²) in [6, 6.07) is 0. The van der Waals surface area contributed by atoms with Crippen LogP contribution in [0.5, 0.6) is 0 Å². The molecule has 0 radical (unpaired) electrons. The smallest absolute Gasteiger partial charge is 0.252 e. The van der Waals surface area contributed by atoms with Gasteiger partial charge in [-0.1, -0.05) is 13.8 Å². The maximum absolute atomic E-state index is 7.00. The maximum atomic E-state index is 7.00. The maximum Gasteiger partial charge on any atom is 0.252 e. The van der Waals surface area contributed by atoms with Gasteiger partial charge >= 0.3 is 0 Å². The molecule has 0 spiro atoms. The first-order valence-electron chi connectivity index (χ1n) is 3.91. The molecule has 0 saturated heterocycles. The third-order valence-electron chi connectivity index (χ3n) is 1.57. The summed E-state index contributed by atoms with van der Waals surface area (Å²) in [5, 5.41) is 0. The van der Waals surface area contributed by atoms with Gasteiger partial charge in [0.05, 0.1) is 0 Å². The highest BCUT2D eigenvalue weighted by Crippen LogP contribution is 2.20. The second-order valence-corrected chi connectivity index (χ2v) is 3.64. The zero-order valence-corrected chi connectivity index (χ0v) is 7.85. The third-order valence-corrected chi connectivity index (χ3v) is 1.57. The van der Waals surface area contributed by atoms with Gasteiger partial charge in [-0.25, -0.2) is 6.57 Å². The van der Waals surface area contributed by atoms with Crippen molar-refractivity contribution in [2.75, 3.05) is 13.7 Å². The monoisotopic (exact) mass is 155 g/mol. The van der Waals surface area contributed by atoms with Gasteiger partial charge in [-0.3, -0.25) is 0 Å². The fraction of sp³-hybridized carbons (Fsp3) is 0.889. The molecule has 11 heavy (non-hydrogen) atoms. The van der Waals surface area contributed by atoms with E-state index < -0.39 is 0 Å². The van der Waals surface area contributed by atoms with Gasteiger partial charge in [0.25, 0.3) is 5.54 Å². The van der Waals surface area contributed by atoms with Gasteiger partial charge < -0.3 is 9.58 Å². The molecule has 0 unspecified atom stereocenters. The summed E-state index contributed by atoms with van der Waals surface area (Å²) in [6.45, 7) is 13.7. The van der Waals surface area contributed by atoms with E-state index in [1.807, 2.05) is 6.92 Å². The summed E-state index contributed by atoms with van der Waals surface area (Å²) in [7, 11) is 1.64. The highest BCUT2D eigenvalue weighted by atomic mass is 16.5. The van der Waals surface area contributed by atoms with Crippen molar-refractivity contribution >= 4 is 0 Å². The van der Waals surface area contributed by atoms with E-state index in [0.717, 1.165) is 6.42 Å². The number of nitrogens with zero attached hydrogens (tertiary/aromatic N) is 1. The average molecular weight is 155 g/mol. The topological polar surface area (TPSA) is 13.6 Å². The van der Waals surface area contributed by atoms with E-state index in [1.165, 1.54) is 0 Å². The minimum Gasteiger partial charge on any atom is -0.376 e. The number of ether oxygens (including phenoxy) is 1. The molecule has 0 aliphatic carbocycles. The predicted octanol–water partition coefficient (Wildman–Crippen LogP) is 2.36. The molecule has 0 rings (SSSR count).